The van der Waals surface area contributed by atoms with E-state index in [4.69, 9.17) is 4.42 Å². The molecule has 0 saturated carbocycles. The van der Waals surface area contributed by atoms with E-state index >= 15 is 0 Å². The van der Waals surface area contributed by atoms with Crippen LogP contribution in [0.3, 0.4) is 0 Å². The van der Waals surface area contributed by atoms with Gasteiger partial charge in [0, 0.05) is 19.2 Å². The summed E-state index contributed by atoms with van der Waals surface area (Å²) in [7, 11) is 0. The zero-order valence-electron chi connectivity index (χ0n) is 19.0. The molecule has 1 atom stereocenters. The third kappa shape index (κ3) is 4.22. The standard InChI is InChI=1S/C26H31N3O3/c1-4-5-14-27(24(30)17-19(2)3)18-25(31)29-21-11-7-6-10-20(21)28-15-8-12-22(28)26(29)23-13-9-16-32-23/h6-13,15-16,19,26H,4-5,14,17-18H2,1-3H3. The molecule has 0 fully saturated rings. The van der Waals surface area contributed by atoms with Crippen molar-refractivity contribution in [3.63, 3.8) is 0 Å². The number of unbranched alkanes of at least 4 members (excludes halogenated alkanes) is 1. The van der Waals surface area contributed by atoms with Crippen LogP contribution in [0.2, 0.25) is 0 Å². The van der Waals surface area contributed by atoms with E-state index in [1.807, 2.05) is 68.6 Å². The first-order valence-electron chi connectivity index (χ1n) is 11.4. The molecule has 168 valence electrons. The zero-order valence-corrected chi connectivity index (χ0v) is 19.0. The monoisotopic (exact) mass is 433 g/mol. The number of aromatic nitrogens is 1. The van der Waals surface area contributed by atoms with E-state index in [-0.39, 0.29) is 24.3 Å². The van der Waals surface area contributed by atoms with Gasteiger partial charge in [0.05, 0.1) is 23.3 Å². The van der Waals surface area contributed by atoms with E-state index in [1.54, 1.807) is 16.1 Å². The third-order valence-electron chi connectivity index (χ3n) is 5.84. The fourth-order valence-corrected chi connectivity index (χ4v) is 4.34. The average molecular weight is 434 g/mol. The lowest BCUT2D eigenvalue weighted by atomic mass is 10.0. The Hall–Kier alpha value is -3.28. The summed E-state index contributed by atoms with van der Waals surface area (Å²) in [5.74, 6) is 0.863. The van der Waals surface area contributed by atoms with Gasteiger partial charge in [-0.25, -0.2) is 0 Å². The summed E-state index contributed by atoms with van der Waals surface area (Å²) in [6.45, 7) is 6.79. The van der Waals surface area contributed by atoms with E-state index in [9.17, 15) is 9.59 Å². The molecule has 1 aliphatic rings. The first kappa shape index (κ1) is 21.9. The zero-order chi connectivity index (χ0) is 22.7. The molecule has 0 radical (unpaired) electrons. The van der Waals surface area contributed by atoms with E-state index in [0.717, 1.165) is 29.9 Å². The third-order valence-corrected chi connectivity index (χ3v) is 5.84. The van der Waals surface area contributed by atoms with Crippen LogP contribution in [0.25, 0.3) is 5.69 Å². The number of fused-ring (bicyclic) bond motifs is 3. The minimum absolute atomic E-state index is 0.0324. The molecule has 0 spiro atoms. The fourth-order valence-electron chi connectivity index (χ4n) is 4.34. The Labute approximate surface area is 189 Å². The Bertz CT molecular complexity index is 1070. The Kier molecular flexibility index (Phi) is 6.49. The van der Waals surface area contributed by atoms with Crippen LogP contribution in [0, 0.1) is 5.92 Å². The van der Waals surface area contributed by atoms with Gasteiger partial charge >= 0.3 is 0 Å². The van der Waals surface area contributed by atoms with Crippen molar-refractivity contribution in [1.82, 2.24) is 9.47 Å². The van der Waals surface area contributed by atoms with Gasteiger partial charge in [-0.05, 0) is 48.7 Å². The number of anilines is 1. The first-order valence-corrected chi connectivity index (χ1v) is 11.4. The first-order chi connectivity index (χ1) is 15.5. The number of rotatable bonds is 8. The van der Waals surface area contributed by atoms with Crippen molar-refractivity contribution in [1.29, 1.82) is 0 Å². The number of benzene rings is 1. The molecule has 2 amide bonds. The number of carbonyl (C=O) groups is 2. The SMILES string of the molecule is CCCCN(CC(=O)N1c2ccccc2-n2cccc2C1c1ccco1)C(=O)CC(C)C. The second-order valence-corrected chi connectivity index (χ2v) is 8.74. The molecule has 0 saturated heterocycles. The molecule has 1 aliphatic heterocycles. The van der Waals surface area contributed by atoms with E-state index in [1.165, 1.54) is 0 Å². The smallest absolute Gasteiger partial charge is 0.247 e. The van der Waals surface area contributed by atoms with Crippen LogP contribution in [0.4, 0.5) is 5.69 Å². The van der Waals surface area contributed by atoms with Crippen LogP contribution in [0.1, 0.15) is 57.5 Å². The van der Waals surface area contributed by atoms with Crippen molar-refractivity contribution in [2.75, 3.05) is 18.0 Å². The van der Waals surface area contributed by atoms with Gasteiger partial charge in [0.25, 0.3) is 0 Å². The van der Waals surface area contributed by atoms with Crippen molar-refractivity contribution < 1.29 is 14.0 Å². The molecule has 4 rings (SSSR count). The number of para-hydroxylation sites is 2. The average Bonchev–Trinajstić information content (AvgIpc) is 3.47. The normalized spacial score (nSPS) is 14.9. The second kappa shape index (κ2) is 9.47. The topological polar surface area (TPSA) is 58.7 Å². The fraction of sp³-hybridized carbons (Fsp3) is 0.385. The van der Waals surface area contributed by atoms with E-state index in [2.05, 4.69) is 11.5 Å². The maximum Gasteiger partial charge on any atom is 0.247 e. The Balaban J connectivity index is 1.72. The lowest BCUT2D eigenvalue weighted by molar-refractivity contribution is -0.136. The number of furan rings is 1. The minimum Gasteiger partial charge on any atom is -0.467 e. The highest BCUT2D eigenvalue weighted by Crippen LogP contribution is 2.42. The van der Waals surface area contributed by atoms with Crippen LogP contribution >= 0.6 is 0 Å². The molecular weight excluding hydrogens is 402 g/mol. The van der Waals surface area contributed by atoms with Crippen molar-refractivity contribution >= 4 is 17.5 Å². The quantitative estimate of drug-likeness (QED) is 0.492. The van der Waals surface area contributed by atoms with Crippen LogP contribution in [0.5, 0.6) is 0 Å². The van der Waals surface area contributed by atoms with Gasteiger partial charge in [0.15, 0.2) is 0 Å². The number of nitrogens with zero attached hydrogens (tertiary/aromatic N) is 3. The maximum absolute atomic E-state index is 13.8. The Morgan fingerprint density at radius 1 is 1.06 bits per heavy atom. The summed E-state index contributed by atoms with van der Waals surface area (Å²) in [4.78, 5) is 30.3. The van der Waals surface area contributed by atoms with Gasteiger partial charge in [-0.2, -0.15) is 0 Å². The van der Waals surface area contributed by atoms with Crippen LogP contribution in [0.15, 0.2) is 65.4 Å². The molecule has 3 heterocycles. The van der Waals surface area contributed by atoms with Crippen LogP contribution in [-0.4, -0.2) is 34.4 Å². The Morgan fingerprint density at radius 2 is 1.84 bits per heavy atom. The highest BCUT2D eigenvalue weighted by molar-refractivity contribution is 6.00. The summed E-state index contributed by atoms with van der Waals surface area (Å²) >= 11 is 0. The maximum atomic E-state index is 13.8. The number of amides is 2. The molecule has 6 heteroatoms. The second-order valence-electron chi connectivity index (χ2n) is 8.74. The van der Waals surface area contributed by atoms with E-state index in [0.29, 0.717) is 18.7 Å². The van der Waals surface area contributed by atoms with Crippen molar-refractivity contribution in [3.8, 4) is 5.69 Å². The van der Waals surface area contributed by atoms with Crippen molar-refractivity contribution in [3.05, 3.63) is 72.4 Å². The van der Waals surface area contributed by atoms with Crippen LogP contribution < -0.4 is 4.90 Å². The van der Waals surface area contributed by atoms with Gasteiger partial charge in [-0.15, -0.1) is 0 Å². The summed E-state index contributed by atoms with van der Waals surface area (Å²) in [5.41, 5.74) is 2.72. The molecular formula is C26H31N3O3. The van der Waals surface area contributed by atoms with Gasteiger partial charge in [0.2, 0.25) is 11.8 Å². The minimum atomic E-state index is -0.393. The molecule has 0 bridgehead atoms. The highest BCUT2D eigenvalue weighted by atomic mass is 16.3. The molecule has 3 aromatic rings. The van der Waals surface area contributed by atoms with Gasteiger partial charge in [-0.3, -0.25) is 14.5 Å². The van der Waals surface area contributed by atoms with Crippen LogP contribution in [-0.2, 0) is 9.59 Å². The highest BCUT2D eigenvalue weighted by Gasteiger charge is 2.38. The Morgan fingerprint density at radius 3 is 2.53 bits per heavy atom. The lowest BCUT2D eigenvalue weighted by Crippen LogP contribution is -2.47. The molecule has 1 unspecified atom stereocenters. The van der Waals surface area contributed by atoms with E-state index < -0.39 is 6.04 Å². The van der Waals surface area contributed by atoms with Gasteiger partial charge < -0.3 is 13.9 Å². The number of carbonyl (C=O) groups excluding carboxylic acids is 2. The molecule has 2 aromatic heterocycles. The summed E-state index contributed by atoms with van der Waals surface area (Å²) in [5, 5.41) is 0. The predicted molar refractivity (Wildman–Crippen MR) is 125 cm³/mol. The lowest BCUT2D eigenvalue weighted by Gasteiger charge is -2.38. The van der Waals surface area contributed by atoms with Gasteiger partial charge in [-0.1, -0.05) is 39.3 Å². The number of hydrogen-bond donors (Lipinski definition) is 0. The molecule has 32 heavy (non-hydrogen) atoms. The molecule has 1 aromatic carbocycles. The molecule has 6 nitrogen and oxygen atoms in total. The summed E-state index contributed by atoms with van der Waals surface area (Å²) in [6, 6.07) is 15.2. The summed E-state index contributed by atoms with van der Waals surface area (Å²) in [6.07, 6.45) is 5.92. The molecule has 0 aliphatic carbocycles. The van der Waals surface area contributed by atoms with Crippen molar-refractivity contribution in [2.24, 2.45) is 5.92 Å². The summed E-state index contributed by atoms with van der Waals surface area (Å²) < 4.78 is 7.88. The largest absolute Gasteiger partial charge is 0.467 e. The van der Waals surface area contributed by atoms with Gasteiger partial charge in [0.1, 0.15) is 18.3 Å². The number of hydrogen-bond acceptors (Lipinski definition) is 3. The van der Waals surface area contributed by atoms with Crippen molar-refractivity contribution in [2.45, 2.75) is 46.1 Å². The predicted octanol–water partition coefficient (Wildman–Crippen LogP) is 5.18. The molecule has 0 N–H and O–H groups in total.